The van der Waals surface area contributed by atoms with Gasteiger partial charge < -0.3 is 16.2 Å². The molecular weight excluding hydrogens is 216 g/mol. The molecule has 100 valence electrons. The summed E-state index contributed by atoms with van der Waals surface area (Å²) in [7, 11) is 0. The minimum absolute atomic E-state index is 0.0281. The van der Waals surface area contributed by atoms with Gasteiger partial charge in [0.2, 0.25) is 5.91 Å². The molecule has 17 heavy (non-hydrogen) atoms. The van der Waals surface area contributed by atoms with Gasteiger partial charge in [-0.25, -0.2) is 0 Å². The van der Waals surface area contributed by atoms with Crippen molar-refractivity contribution in [1.82, 2.24) is 5.32 Å². The molecule has 1 aliphatic rings. The third-order valence-electron chi connectivity index (χ3n) is 3.67. The van der Waals surface area contributed by atoms with E-state index in [9.17, 15) is 9.90 Å². The van der Waals surface area contributed by atoms with Crippen molar-refractivity contribution in [2.24, 2.45) is 17.1 Å². The first-order chi connectivity index (χ1) is 8.00. The van der Waals surface area contributed by atoms with Gasteiger partial charge in [-0.2, -0.15) is 0 Å². The number of amides is 1. The highest BCUT2D eigenvalue weighted by atomic mass is 16.3. The van der Waals surface area contributed by atoms with Crippen LogP contribution >= 0.6 is 0 Å². The third kappa shape index (κ3) is 3.96. The van der Waals surface area contributed by atoms with Gasteiger partial charge in [0.05, 0.1) is 11.5 Å². The lowest BCUT2D eigenvalue weighted by Crippen LogP contribution is -2.46. The maximum atomic E-state index is 12.1. The molecule has 1 fully saturated rings. The largest absolute Gasteiger partial charge is 0.391 e. The molecular formula is C13H26N2O2. The maximum absolute atomic E-state index is 12.1. The molecule has 0 heterocycles. The van der Waals surface area contributed by atoms with Gasteiger partial charge in [0, 0.05) is 13.1 Å². The number of rotatable bonds is 6. The van der Waals surface area contributed by atoms with Crippen molar-refractivity contribution in [2.75, 3.05) is 13.1 Å². The van der Waals surface area contributed by atoms with Gasteiger partial charge in [0.25, 0.3) is 0 Å². The monoisotopic (exact) mass is 242 g/mol. The fourth-order valence-electron chi connectivity index (χ4n) is 2.60. The Bertz CT molecular complexity index is 248. The molecule has 0 bridgehead atoms. The second-order valence-corrected chi connectivity index (χ2v) is 5.68. The van der Waals surface area contributed by atoms with Crippen molar-refractivity contribution in [1.29, 1.82) is 0 Å². The van der Waals surface area contributed by atoms with Gasteiger partial charge in [-0.1, -0.05) is 26.7 Å². The Labute approximate surface area is 104 Å². The number of nitrogens with one attached hydrogen (secondary N) is 1. The molecule has 1 unspecified atom stereocenters. The van der Waals surface area contributed by atoms with E-state index in [-0.39, 0.29) is 11.3 Å². The fourth-order valence-corrected chi connectivity index (χ4v) is 2.60. The van der Waals surface area contributed by atoms with Crippen LogP contribution in [0.5, 0.6) is 0 Å². The number of carbonyl (C=O) groups excluding carboxylic acids is 1. The van der Waals surface area contributed by atoms with Crippen LogP contribution in [0.1, 0.15) is 46.0 Å². The number of carbonyl (C=O) groups is 1. The Balaban J connectivity index is 2.38. The van der Waals surface area contributed by atoms with Gasteiger partial charge >= 0.3 is 0 Å². The van der Waals surface area contributed by atoms with E-state index in [0.717, 1.165) is 32.1 Å². The summed E-state index contributed by atoms with van der Waals surface area (Å²) in [6.45, 7) is 4.88. The van der Waals surface area contributed by atoms with Crippen molar-refractivity contribution in [3.8, 4) is 0 Å². The lowest BCUT2D eigenvalue weighted by molar-refractivity contribution is -0.130. The third-order valence-corrected chi connectivity index (χ3v) is 3.67. The normalized spacial score (nSPS) is 20.5. The molecule has 4 heteroatoms. The number of aliphatic hydroxyl groups excluding tert-OH is 1. The topological polar surface area (TPSA) is 75.3 Å². The van der Waals surface area contributed by atoms with E-state index < -0.39 is 6.10 Å². The standard InChI is InChI=1S/C13H26N2O2/c1-10(2)7-11(16)8-15-12(17)13(9-14)5-3-4-6-13/h10-11,16H,3-9,14H2,1-2H3,(H,15,17). The molecule has 0 saturated heterocycles. The Kier molecular flexibility index (Phi) is 5.40. The van der Waals surface area contributed by atoms with E-state index in [0.29, 0.717) is 19.0 Å². The first-order valence-corrected chi connectivity index (χ1v) is 6.66. The van der Waals surface area contributed by atoms with Crippen LogP contribution in [0, 0.1) is 11.3 Å². The lowest BCUT2D eigenvalue weighted by atomic mass is 9.85. The lowest BCUT2D eigenvalue weighted by Gasteiger charge is -2.26. The molecule has 0 aromatic rings. The minimum atomic E-state index is -0.449. The van der Waals surface area contributed by atoms with Crippen LogP contribution in [-0.4, -0.2) is 30.2 Å². The number of hydrogen-bond donors (Lipinski definition) is 3. The predicted molar refractivity (Wildman–Crippen MR) is 68.4 cm³/mol. The number of hydrogen-bond acceptors (Lipinski definition) is 3. The molecule has 0 aromatic carbocycles. The van der Waals surface area contributed by atoms with Crippen LogP contribution in [0.25, 0.3) is 0 Å². The molecule has 4 N–H and O–H groups in total. The smallest absolute Gasteiger partial charge is 0.227 e. The molecule has 0 aliphatic heterocycles. The summed E-state index contributed by atoms with van der Waals surface area (Å²) >= 11 is 0. The van der Waals surface area contributed by atoms with Crippen molar-refractivity contribution in [3.63, 3.8) is 0 Å². The zero-order valence-electron chi connectivity index (χ0n) is 11.0. The van der Waals surface area contributed by atoms with Crippen LogP contribution in [-0.2, 0) is 4.79 Å². The molecule has 1 saturated carbocycles. The van der Waals surface area contributed by atoms with Gasteiger partial charge in [0.1, 0.15) is 0 Å². The highest BCUT2D eigenvalue weighted by molar-refractivity contribution is 5.83. The Morgan fingerprint density at radius 1 is 1.41 bits per heavy atom. The Hall–Kier alpha value is -0.610. The SMILES string of the molecule is CC(C)CC(O)CNC(=O)C1(CN)CCCC1. The van der Waals surface area contributed by atoms with Crippen LogP contribution in [0.4, 0.5) is 0 Å². The highest BCUT2D eigenvalue weighted by Crippen LogP contribution is 2.37. The summed E-state index contributed by atoms with van der Waals surface area (Å²) in [6.07, 6.45) is 4.20. The summed E-state index contributed by atoms with van der Waals surface area (Å²) in [5.41, 5.74) is 5.37. The molecule has 4 nitrogen and oxygen atoms in total. The van der Waals surface area contributed by atoms with E-state index in [1.807, 2.05) is 0 Å². The summed E-state index contributed by atoms with van der Waals surface area (Å²) in [5.74, 6) is 0.470. The zero-order valence-corrected chi connectivity index (χ0v) is 11.0. The zero-order chi connectivity index (χ0) is 12.9. The van der Waals surface area contributed by atoms with E-state index in [2.05, 4.69) is 19.2 Å². The Morgan fingerprint density at radius 3 is 2.47 bits per heavy atom. The maximum Gasteiger partial charge on any atom is 0.227 e. The second kappa shape index (κ2) is 6.36. The summed E-state index contributed by atoms with van der Waals surface area (Å²) in [4.78, 5) is 12.1. The van der Waals surface area contributed by atoms with Crippen LogP contribution in [0.15, 0.2) is 0 Å². The Morgan fingerprint density at radius 2 is 2.00 bits per heavy atom. The van der Waals surface area contributed by atoms with Gasteiger partial charge in [-0.15, -0.1) is 0 Å². The van der Waals surface area contributed by atoms with E-state index in [1.54, 1.807) is 0 Å². The van der Waals surface area contributed by atoms with Gasteiger partial charge in [0.15, 0.2) is 0 Å². The van der Waals surface area contributed by atoms with Crippen LogP contribution < -0.4 is 11.1 Å². The summed E-state index contributed by atoms with van der Waals surface area (Å²) in [5, 5.41) is 12.6. The van der Waals surface area contributed by atoms with E-state index >= 15 is 0 Å². The first kappa shape index (κ1) is 14.5. The highest BCUT2D eigenvalue weighted by Gasteiger charge is 2.39. The van der Waals surface area contributed by atoms with E-state index in [4.69, 9.17) is 5.73 Å². The fraction of sp³-hybridized carbons (Fsp3) is 0.923. The van der Waals surface area contributed by atoms with Crippen molar-refractivity contribution in [2.45, 2.75) is 52.1 Å². The van der Waals surface area contributed by atoms with Crippen molar-refractivity contribution >= 4 is 5.91 Å². The van der Waals surface area contributed by atoms with Gasteiger partial charge in [-0.05, 0) is 25.2 Å². The molecule has 1 aliphatic carbocycles. The second-order valence-electron chi connectivity index (χ2n) is 5.68. The molecule has 0 radical (unpaired) electrons. The number of nitrogens with two attached hydrogens (primary N) is 1. The summed E-state index contributed by atoms with van der Waals surface area (Å²) in [6, 6.07) is 0. The molecule has 1 atom stereocenters. The minimum Gasteiger partial charge on any atom is -0.391 e. The average Bonchev–Trinajstić information content (AvgIpc) is 2.74. The number of aliphatic hydroxyl groups is 1. The molecule has 1 amide bonds. The van der Waals surface area contributed by atoms with E-state index in [1.165, 1.54) is 0 Å². The van der Waals surface area contributed by atoms with Crippen molar-refractivity contribution in [3.05, 3.63) is 0 Å². The molecule has 1 rings (SSSR count). The first-order valence-electron chi connectivity index (χ1n) is 6.66. The average molecular weight is 242 g/mol. The van der Waals surface area contributed by atoms with Gasteiger partial charge in [-0.3, -0.25) is 4.79 Å². The predicted octanol–water partition coefficient (Wildman–Crippen LogP) is 1.03. The van der Waals surface area contributed by atoms with Crippen LogP contribution in [0.3, 0.4) is 0 Å². The van der Waals surface area contributed by atoms with Crippen LogP contribution in [0.2, 0.25) is 0 Å². The molecule has 0 aromatic heterocycles. The molecule has 0 spiro atoms. The summed E-state index contributed by atoms with van der Waals surface area (Å²) < 4.78 is 0. The quantitative estimate of drug-likeness (QED) is 0.651. The van der Waals surface area contributed by atoms with Crippen molar-refractivity contribution < 1.29 is 9.90 Å².